The van der Waals surface area contributed by atoms with Crippen LogP contribution in [0.15, 0.2) is 40.1 Å². The molecule has 0 unspecified atom stereocenters. The number of fused-ring (bicyclic) bond motifs is 5. The van der Waals surface area contributed by atoms with Gasteiger partial charge in [-0.25, -0.2) is 14.8 Å². The van der Waals surface area contributed by atoms with Gasteiger partial charge in [0.2, 0.25) is 0 Å². The van der Waals surface area contributed by atoms with Crippen molar-refractivity contribution in [1.82, 2.24) is 14.5 Å². The third-order valence-corrected chi connectivity index (χ3v) is 5.93. The van der Waals surface area contributed by atoms with Gasteiger partial charge in [-0.15, -0.1) is 0 Å². The summed E-state index contributed by atoms with van der Waals surface area (Å²) < 4.78 is 6.74. The van der Waals surface area contributed by atoms with Gasteiger partial charge >= 0.3 is 5.97 Å². The van der Waals surface area contributed by atoms with E-state index in [0.29, 0.717) is 29.1 Å². The second kappa shape index (κ2) is 6.75. The van der Waals surface area contributed by atoms with Crippen LogP contribution >= 0.6 is 0 Å². The van der Waals surface area contributed by atoms with Gasteiger partial charge < -0.3 is 19.3 Å². The number of nitrogens with zero attached hydrogens (tertiary/aromatic N) is 4. The third kappa shape index (κ3) is 2.86. The maximum absolute atomic E-state index is 13.2. The molecule has 0 spiro atoms. The van der Waals surface area contributed by atoms with Crippen molar-refractivity contribution in [2.24, 2.45) is 4.99 Å². The number of hydrogen-bond acceptors (Lipinski definition) is 6. The zero-order valence-electron chi connectivity index (χ0n) is 17.5. The summed E-state index contributed by atoms with van der Waals surface area (Å²) in [7, 11) is 3.82. The van der Waals surface area contributed by atoms with E-state index in [0.717, 1.165) is 22.2 Å². The van der Waals surface area contributed by atoms with Crippen molar-refractivity contribution in [3.05, 3.63) is 57.4 Å². The first-order valence-corrected chi connectivity index (χ1v) is 10.1. The van der Waals surface area contributed by atoms with E-state index in [1.54, 1.807) is 23.9 Å². The van der Waals surface area contributed by atoms with Crippen LogP contribution in [0, 0.1) is 0 Å². The minimum absolute atomic E-state index is 0.121. The van der Waals surface area contributed by atoms with E-state index in [1.165, 1.54) is 0 Å². The number of aromatic nitrogens is 2. The molecule has 0 radical (unpaired) electrons. The van der Waals surface area contributed by atoms with Gasteiger partial charge in [-0.3, -0.25) is 4.79 Å². The number of rotatable bonds is 3. The zero-order chi connectivity index (χ0) is 21.9. The van der Waals surface area contributed by atoms with Crippen molar-refractivity contribution < 1.29 is 14.6 Å². The van der Waals surface area contributed by atoms with Gasteiger partial charge in [0.1, 0.15) is 6.61 Å². The molecule has 0 amide bonds. The summed E-state index contributed by atoms with van der Waals surface area (Å²) in [6.07, 6.45) is 1.86. The van der Waals surface area contributed by atoms with Crippen LogP contribution in [0.3, 0.4) is 0 Å². The molecule has 0 saturated carbocycles. The van der Waals surface area contributed by atoms with E-state index >= 15 is 0 Å². The number of aliphatic hydroxyl groups is 1. The fraction of sp³-hybridized carbons (Fsp3) is 0.304. The van der Waals surface area contributed by atoms with E-state index in [1.807, 2.05) is 43.3 Å². The summed E-state index contributed by atoms with van der Waals surface area (Å²) in [6.45, 7) is 1.94. The van der Waals surface area contributed by atoms with Crippen molar-refractivity contribution in [3.63, 3.8) is 0 Å². The van der Waals surface area contributed by atoms with E-state index in [9.17, 15) is 14.7 Å². The molecule has 0 bridgehead atoms. The quantitative estimate of drug-likeness (QED) is 0.312. The van der Waals surface area contributed by atoms with Gasteiger partial charge in [0.15, 0.2) is 5.60 Å². The Morgan fingerprint density at radius 2 is 2.10 bits per heavy atom. The molecule has 0 aliphatic carbocycles. The summed E-state index contributed by atoms with van der Waals surface area (Å²) in [5, 5.41) is 11.9. The number of pyridine rings is 2. The van der Waals surface area contributed by atoms with E-state index in [-0.39, 0.29) is 18.6 Å². The van der Waals surface area contributed by atoms with Gasteiger partial charge in [-0.05, 0) is 36.8 Å². The van der Waals surface area contributed by atoms with Crippen LogP contribution in [0.4, 0.5) is 5.69 Å². The first kappa shape index (κ1) is 19.4. The van der Waals surface area contributed by atoms with Crippen LogP contribution < -0.4 is 5.56 Å². The fourth-order valence-electron chi connectivity index (χ4n) is 4.24. The molecule has 3 aromatic rings. The molecule has 158 valence electrons. The third-order valence-electron chi connectivity index (χ3n) is 5.93. The van der Waals surface area contributed by atoms with Gasteiger partial charge in [0, 0.05) is 30.6 Å². The Hall–Kier alpha value is -3.52. The minimum atomic E-state index is -1.82. The highest BCUT2D eigenvalue weighted by molar-refractivity contribution is 5.88. The Morgan fingerprint density at radius 3 is 2.84 bits per heavy atom. The van der Waals surface area contributed by atoms with Crippen LogP contribution in [0.1, 0.15) is 30.0 Å². The van der Waals surface area contributed by atoms with E-state index < -0.39 is 11.6 Å². The highest BCUT2D eigenvalue weighted by Gasteiger charge is 2.45. The molecule has 2 aliphatic heterocycles. The van der Waals surface area contributed by atoms with Gasteiger partial charge in [-0.1, -0.05) is 6.92 Å². The molecule has 0 fully saturated rings. The Balaban J connectivity index is 1.67. The summed E-state index contributed by atoms with van der Waals surface area (Å²) in [4.78, 5) is 36.5. The number of esters is 1. The molecule has 1 atom stereocenters. The lowest BCUT2D eigenvalue weighted by molar-refractivity contribution is -0.172. The highest BCUT2D eigenvalue weighted by atomic mass is 16.6. The van der Waals surface area contributed by atoms with Crippen LogP contribution in [0.5, 0.6) is 0 Å². The lowest BCUT2D eigenvalue weighted by Gasteiger charge is -2.31. The average Bonchev–Trinajstić information content (AvgIpc) is 3.11. The largest absolute Gasteiger partial charge is 0.458 e. The molecule has 0 saturated heterocycles. The number of aliphatic imine (C=N–C) groups is 1. The molecular weight excluding hydrogens is 396 g/mol. The van der Waals surface area contributed by atoms with Crippen molar-refractivity contribution in [2.45, 2.75) is 32.1 Å². The van der Waals surface area contributed by atoms with Gasteiger partial charge in [0.25, 0.3) is 5.56 Å². The molecule has 8 heteroatoms. The van der Waals surface area contributed by atoms with Crippen LogP contribution in [-0.2, 0) is 28.3 Å². The van der Waals surface area contributed by atoms with Crippen molar-refractivity contribution >= 4 is 28.9 Å². The fourth-order valence-corrected chi connectivity index (χ4v) is 4.24. The Bertz CT molecular complexity index is 1340. The second-order valence-electron chi connectivity index (χ2n) is 8.18. The van der Waals surface area contributed by atoms with Crippen LogP contribution in [0.25, 0.3) is 22.3 Å². The van der Waals surface area contributed by atoms with Crippen LogP contribution in [0.2, 0.25) is 0 Å². The molecule has 1 N–H and O–H groups in total. The van der Waals surface area contributed by atoms with E-state index in [4.69, 9.17) is 9.72 Å². The van der Waals surface area contributed by atoms with Crippen LogP contribution in [-0.4, -0.2) is 46.0 Å². The van der Waals surface area contributed by atoms with Crippen molar-refractivity contribution in [1.29, 1.82) is 0 Å². The predicted molar refractivity (Wildman–Crippen MR) is 116 cm³/mol. The zero-order valence-corrected chi connectivity index (χ0v) is 17.5. The lowest BCUT2D eigenvalue weighted by atomic mass is 9.86. The Morgan fingerprint density at radius 1 is 1.29 bits per heavy atom. The summed E-state index contributed by atoms with van der Waals surface area (Å²) in [5.74, 6) is -0.720. The maximum atomic E-state index is 13.2. The Kier molecular flexibility index (Phi) is 4.23. The first-order valence-electron chi connectivity index (χ1n) is 10.1. The molecule has 31 heavy (non-hydrogen) atoms. The smallest absolute Gasteiger partial charge is 0.343 e. The summed E-state index contributed by atoms with van der Waals surface area (Å²) in [6, 6.07) is 9.49. The monoisotopic (exact) mass is 418 g/mol. The lowest BCUT2D eigenvalue weighted by Crippen LogP contribution is -2.44. The van der Waals surface area contributed by atoms with Crippen molar-refractivity contribution in [3.8, 4) is 11.4 Å². The maximum Gasteiger partial charge on any atom is 0.343 e. The molecule has 4 heterocycles. The number of carbonyl (C=O) groups is 1. The average molecular weight is 418 g/mol. The normalized spacial score (nSPS) is 19.3. The minimum Gasteiger partial charge on any atom is -0.458 e. The SMILES string of the molecule is CC[C@@]1(O)C(=O)OCc2c1cc1n(c2=O)Cc2cc3cc(N=CN(C)C)ccc3nc2-1. The predicted octanol–water partition coefficient (Wildman–Crippen LogP) is 2.30. The number of cyclic esters (lactones) is 1. The molecule has 5 rings (SSSR count). The second-order valence-corrected chi connectivity index (χ2v) is 8.18. The number of ether oxygens (including phenoxy) is 1. The van der Waals surface area contributed by atoms with E-state index in [2.05, 4.69) is 4.99 Å². The first-order chi connectivity index (χ1) is 14.8. The number of benzene rings is 1. The molecule has 8 nitrogen and oxygen atoms in total. The number of hydrogen-bond donors (Lipinski definition) is 1. The van der Waals surface area contributed by atoms with Gasteiger partial charge in [0.05, 0.1) is 41.0 Å². The molecule has 2 aliphatic rings. The summed E-state index contributed by atoms with van der Waals surface area (Å²) in [5.41, 5.74) is 2.38. The number of carbonyl (C=O) groups excluding carboxylic acids is 1. The molecular formula is C23H22N4O4. The summed E-state index contributed by atoms with van der Waals surface area (Å²) >= 11 is 0. The Labute approximate surface area is 178 Å². The van der Waals surface area contributed by atoms with Crippen molar-refractivity contribution in [2.75, 3.05) is 14.1 Å². The molecule has 2 aromatic heterocycles. The topological polar surface area (TPSA) is 97.0 Å². The van der Waals surface area contributed by atoms with Gasteiger partial charge in [-0.2, -0.15) is 0 Å². The standard InChI is InChI=1S/C23H22N4O4/c1-4-23(30)17-9-19-20-14(10-27(19)21(28)16(17)11-31-22(23)29)7-13-8-15(24-12-26(2)3)5-6-18(13)25-20/h5-9,12,30H,4,10-11H2,1-3H3/t23-/m0/s1. The molecule has 1 aromatic carbocycles. The highest BCUT2D eigenvalue weighted by Crippen LogP contribution is 2.38.